The molecule has 1 aliphatic heterocycles. The number of aromatic nitrogens is 2. The molecule has 22 heavy (non-hydrogen) atoms. The molecule has 2 heterocycles. The zero-order chi connectivity index (χ0) is 16.1. The van der Waals surface area contributed by atoms with Gasteiger partial charge in [-0.25, -0.2) is 4.79 Å². The molecule has 0 unspecified atom stereocenters. The van der Waals surface area contributed by atoms with Crippen LogP contribution in [0.4, 0.5) is 4.79 Å². The van der Waals surface area contributed by atoms with E-state index in [0.29, 0.717) is 31.8 Å². The summed E-state index contributed by atoms with van der Waals surface area (Å²) in [5, 5.41) is 15.5. The van der Waals surface area contributed by atoms with Crippen LogP contribution in [-0.2, 0) is 6.54 Å². The second-order valence-electron chi connectivity index (χ2n) is 4.88. The highest BCUT2D eigenvalue weighted by atomic mass is 35.5. The molecule has 1 aliphatic rings. The Morgan fingerprint density at radius 3 is 2.82 bits per heavy atom. The van der Waals surface area contributed by atoms with Crippen molar-refractivity contribution in [1.29, 1.82) is 0 Å². The fraction of sp³-hybridized carbons (Fsp3) is 0.231. The van der Waals surface area contributed by atoms with Gasteiger partial charge in [0.15, 0.2) is 0 Å². The quantitative estimate of drug-likeness (QED) is 0.684. The maximum absolute atomic E-state index is 10.6. The minimum Gasteiger partial charge on any atom is -0.465 e. The van der Waals surface area contributed by atoms with Gasteiger partial charge in [0.05, 0.1) is 27.9 Å². The van der Waals surface area contributed by atoms with Gasteiger partial charge in [0.25, 0.3) is 0 Å². The molecule has 1 aromatic carbocycles. The van der Waals surface area contributed by atoms with Crippen LogP contribution >= 0.6 is 22.2 Å². The second kappa shape index (κ2) is 5.17. The summed E-state index contributed by atoms with van der Waals surface area (Å²) < 4.78 is 22.7. The predicted molar refractivity (Wildman–Crippen MR) is 82.8 cm³/mol. The Labute approximate surface area is 132 Å². The topological polar surface area (TPSA) is 108 Å². The van der Waals surface area contributed by atoms with Crippen molar-refractivity contribution in [1.82, 2.24) is 15.1 Å². The number of aryl methyl sites for hydroxylation is 1. The smallest absolute Gasteiger partial charge is 0.404 e. The molecule has 0 spiro atoms. The number of carbonyl (C=O) groups is 1. The molecule has 0 saturated carbocycles. The number of amides is 1. The SMILES string of the molecule is Cc1nn(CCNC(=O)O)c2c1S(O)(O)c1c(Cl)cccc1-2. The third-order valence-electron chi connectivity index (χ3n) is 3.46. The highest BCUT2D eigenvalue weighted by molar-refractivity contribution is 8.25. The number of nitrogens with one attached hydrogen (secondary N) is 1. The number of fused-ring (bicyclic) bond motifs is 3. The number of nitrogens with zero attached hydrogens (tertiary/aromatic N) is 2. The van der Waals surface area contributed by atoms with E-state index in [1.165, 1.54) is 0 Å². The summed E-state index contributed by atoms with van der Waals surface area (Å²) in [7, 11) is -3.20. The Morgan fingerprint density at radius 1 is 1.41 bits per heavy atom. The Morgan fingerprint density at radius 2 is 2.14 bits per heavy atom. The van der Waals surface area contributed by atoms with Crippen LogP contribution in [0.2, 0.25) is 5.02 Å². The molecule has 0 fully saturated rings. The Bertz CT molecular complexity index is 775. The molecule has 0 radical (unpaired) electrons. The van der Waals surface area contributed by atoms with Crippen LogP contribution in [0.25, 0.3) is 11.3 Å². The van der Waals surface area contributed by atoms with Crippen molar-refractivity contribution in [2.75, 3.05) is 6.54 Å². The molecular weight excluding hydrogens is 330 g/mol. The number of rotatable bonds is 3. The summed E-state index contributed by atoms with van der Waals surface area (Å²) in [6, 6.07) is 5.09. The van der Waals surface area contributed by atoms with Crippen molar-refractivity contribution in [3.05, 3.63) is 28.9 Å². The van der Waals surface area contributed by atoms with Gasteiger partial charge < -0.3 is 10.4 Å². The van der Waals surface area contributed by atoms with E-state index >= 15 is 0 Å². The van der Waals surface area contributed by atoms with Crippen LogP contribution in [0.3, 0.4) is 0 Å². The standard InChI is InChI=1S/C13H14ClN3O4S/c1-7-11-10(17(16-7)6-5-15-13(18)19)8-3-2-4-9(14)12(8)22(11,20)21/h2-4,15,20-21H,5-6H2,1H3,(H,18,19). The van der Waals surface area contributed by atoms with E-state index in [-0.39, 0.29) is 13.1 Å². The first-order chi connectivity index (χ1) is 10.3. The summed E-state index contributed by atoms with van der Waals surface area (Å²) in [6.45, 7) is 2.13. The monoisotopic (exact) mass is 343 g/mol. The predicted octanol–water partition coefficient (Wildman–Crippen LogP) is 3.26. The van der Waals surface area contributed by atoms with E-state index in [0.717, 1.165) is 0 Å². The molecule has 0 aliphatic carbocycles. The lowest BCUT2D eigenvalue weighted by molar-refractivity contribution is 0.194. The van der Waals surface area contributed by atoms with E-state index in [4.69, 9.17) is 16.7 Å². The summed E-state index contributed by atoms with van der Waals surface area (Å²) in [5.74, 6) is 0. The number of carboxylic acid groups (broad SMARTS) is 1. The molecule has 4 N–H and O–H groups in total. The normalized spacial score (nSPS) is 16.0. The van der Waals surface area contributed by atoms with E-state index < -0.39 is 16.7 Å². The van der Waals surface area contributed by atoms with Crippen LogP contribution in [0.15, 0.2) is 28.0 Å². The van der Waals surface area contributed by atoms with Crippen LogP contribution in [0.1, 0.15) is 5.69 Å². The number of hydrogen-bond donors (Lipinski definition) is 4. The third kappa shape index (κ3) is 2.15. The molecule has 1 aromatic heterocycles. The maximum Gasteiger partial charge on any atom is 0.404 e. The maximum atomic E-state index is 10.6. The molecule has 9 heteroatoms. The van der Waals surface area contributed by atoms with Crippen molar-refractivity contribution >= 4 is 28.3 Å². The largest absolute Gasteiger partial charge is 0.465 e. The molecular formula is C13H14ClN3O4S. The highest BCUT2D eigenvalue weighted by Crippen LogP contribution is 2.69. The zero-order valence-electron chi connectivity index (χ0n) is 11.6. The number of hydrogen-bond acceptors (Lipinski definition) is 4. The van der Waals surface area contributed by atoms with E-state index in [1.807, 2.05) is 0 Å². The summed E-state index contributed by atoms with van der Waals surface area (Å²) in [6.07, 6.45) is -1.12. The van der Waals surface area contributed by atoms with Gasteiger partial charge in [-0.3, -0.25) is 13.8 Å². The van der Waals surface area contributed by atoms with Crippen molar-refractivity contribution in [3.8, 4) is 11.3 Å². The fourth-order valence-corrected chi connectivity index (χ4v) is 5.13. The molecule has 2 aromatic rings. The van der Waals surface area contributed by atoms with Gasteiger partial charge in [0.1, 0.15) is 4.90 Å². The van der Waals surface area contributed by atoms with Gasteiger partial charge in [0, 0.05) is 12.1 Å². The van der Waals surface area contributed by atoms with Crippen LogP contribution in [0, 0.1) is 6.92 Å². The first kappa shape index (κ1) is 15.2. The van der Waals surface area contributed by atoms with Gasteiger partial charge in [-0.2, -0.15) is 5.10 Å². The molecule has 0 bridgehead atoms. The molecule has 118 valence electrons. The average Bonchev–Trinajstić information content (AvgIpc) is 2.86. The lowest BCUT2D eigenvalue weighted by Gasteiger charge is -2.28. The number of halogens is 1. The lowest BCUT2D eigenvalue weighted by Crippen LogP contribution is -2.25. The average molecular weight is 344 g/mol. The summed E-state index contributed by atoms with van der Waals surface area (Å²) in [4.78, 5) is 11.2. The minimum atomic E-state index is -3.20. The molecule has 3 rings (SSSR count). The second-order valence-corrected chi connectivity index (χ2v) is 7.21. The van der Waals surface area contributed by atoms with Gasteiger partial charge in [-0.1, -0.05) is 23.7 Å². The number of benzene rings is 1. The first-order valence-electron chi connectivity index (χ1n) is 6.45. The van der Waals surface area contributed by atoms with Crippen LogP contribution < -0.4 is 5.32 Å². The zero-order valence-corrected chi connectivity index (χ0v) is 13.1. The van der Waals surface area contributed by atoms with E-state index in [9.17, 15) is 13.9 Å². The van der Waals surface area contributed by atoms with Gasteiger partial charge in [0.2, 0.25) is 0 Å². The van der Waals surface area contributed by atoms with E-state index in [2.05, 4.69) is 10.4 Å². The Balaban J connectivity index is 2.11. The Hall–Kier alpha value is -1.74. The van der Waals surface area contributed by atoms with Crippen molar-refractivity contribution in [2.45, 2.75) is 23.3 Å². The van der Waals surface area contributed by atoms with E-state index in [1.54, 1.807) is 29.8 Å². The Kier molecular flexibility index (Phi) is 3.56. The summed E-state index contributed by atoms with van der Waals surface area (Å²) >= 11 is 6.13. The molecule has 7 nitrogen and oxygen atoms in total. The van der Waals surface area contributed by atoms with Crippen molar-refractivity contribution in [3.63, 3.8) is 0 Å². The molecule has 1 amide bonds. The fourth-order valence-electron chi connectivity index (χ4n) is 2.68. The van der Waals surface area contributed by atoms with Gasteiger partial charge >= 0.3 is 6.09 Å². The third-order valence-corrected chi connectivity index (χ3v) is 5.96. The minimum absolute atomic E-state index is 0.165. The summed E-state index contributed by atoms with van der Waals surface area (Å²) in [5.41, 5.74) is 1.71. The van der Waals surface area contributed by atoms with Crippen LogP contribution in [0.5, 0.6) is 0 Å². The van der Waals surface area contributed by atoms with Gasteiger partial charge in [-0.15, -0.1) is 10.6 Å². The highest BCUT2D eigenvalue weighted by Gasteiger charge is 2.40. The van der Waals surface area contributed by atoms with Crippen LogP contribution in [-0.4, -0.2) is 36.6 Å². The lowest BCUT2D eigenvalue weighted by atomic mass is 10.1. The molecule has 0 saturated heterocycles. The van der Waals surface area contributed by atoms with Crippen molar-refractivity contribution in [2.24, 2.45) is 0 Å². The molecule has 0 atom stereocenters. The first-order valence-corrected chi connectivity index (χ1v) is 8.38. The van der Waals surface area contributed by atoms with Crippen molar-refractivity contribution < 1.29 is 19.0 Å². The van der Waals surface area contributed by atoms with Gasteiger partial charge in [-0.05, 0) is 13.0 Å².